The lowest BCUT2D eigenvalue weighted by Crippen LogP contribution is -2.35. The maximum Gasteiger partial charge on any atom is 0.272 e. The van der Waals surface area contributed by atoms with Crippen molar-refractivity contribution >= 4 is 5.91 Å². The molecule has 1 aliphatic rings. The average molecular weight is 343 g/mol. The van der Waals surface area contributed by atoms with E-state index in [0.717, 1.165) is 22.8 Å². The van der Waals surface area contributed by atoms with E-state index in [2.05, 4.69) is 18.9 Å². The minimum atomic E-state index is -0.00679. The summed E-state index contributed by atoms with van der Waals surface area (Å²) < 4.78 is 12.8. The van der Waals surface area contributed by atoms with Gasteiger partial charge in [0.05, 0.1) is 5.69 Å². The van der Waals surface area contributed by atoms with Gasteiger partial charge in [-0.05, 0) is 31.9 Å². The predicted molar refractivity (Wildman–Crippen MR) is 94.8 cm³/mol. The van der Waals surface area contributed by atoms with Gasteiger partial charge in [-0.2, -0.15) is 5.10 Å². The van der Waals surface area contributed by atoms with Crippen molar-refractivity contribution in [3.8, 4) is 11.5 Å². The Morgan fingerprint density at radius 2 is 2.16 bits per heavy atom. The highest BCUT2D eigenvalue weighted by Crippen LogP contribution is 2.36. The molecule has 6 heteroatoms. The van der Waals surface area contributed by atoms with Gasteiger partial charge in [-0.15, -0.1) is 0 Å². The number of hydrogen-bond donors (Lipinski definition) is 0. The van der Waals surface area contributed by atoms with Crippen LogP contribution in [-0.4, -0.2) is 33.9 Å². The van der Waals surface area contributed by atoms with Gasteiger partial charge >= 0.3 is 0 Å². The minimum Gasteiger partial charge on any atom is -0.454 e. The number of aryl methyl sites for hydroxylation is 2. The van der Waals surface area contributed by atoms with Crippen molar-refractivity contribution in [2.24, 2.45) is 5.92 Å². The molecule has 0 aliphatic carbocycles. The van der Waals surface area contributed by atoms with Crippen molar-refractivity contribution in [1.29, 1.82) is 0 Å². The third-order valence-corrected chi connectivity index (χ3v) is 4.13. The fourth-order valence-corrected chi connectivity index (χ4v) is 3.10. The van der Waals surface area contributed by atoms with E-state index in [1.807, 2.05) is 43.0 Å². The zero-order valence-electron chi connectivity index (χ0n) is 15.3. The summed E-state index contributed by atoms with van der Waals surface area (Å²) in [6.07, 6.45) is 0. The quantitative estimate of drug-likeness (QED) is 0.808. The number of carbonyl (C=O) groups excluding carboxylic acids is 1. The number of hydrogen-bond acceptors (Lipinski definition) is 4. The summed E-state index contributed by atoms with van der Waals surface area (Å²) in [6, 6.07) is 7.65. The first-order chi connectivity index (χ1) is 12.0. The summed E-state index contributed by atoms with van der Waals surface area (Å²) in [5, 5.41) is 4.40. The summed E-state index contributed by atoms with van der Waals surface area (Å²) in [5.41, 5.74) is 2.45. The highest BCUT2D eigenvalue weighted by Gasteiger charge is 2.25. The second-order valence-corrected chi connectivity index (χ2v) is 6.72. The first-order valence-electron chi connectivity index (χ1n) is 8.70. The van der Waals surface area contributed by atoms with Crippen molar-refractivity contribution in [2.75, 3.05) is 13.3 Å². The number of amides is 1. The number of aromatic nitrogens is 2. The van der Waals surface area contributed by atoms with E-state index in [9.17, 15) is 4.79 Å². The summed E-state index contributed by atoms with van der Waals surface area (Å²) in [4.78, 5) is 15.0. The van der Waals surface area contributed by atoms with Crippen LogP contribution in [0.25, 0.3) is 0 Å². The first kappa shape index (κ1) is 17.3. The van der Waals surface area contributed by atoms with Gasteiger partial charge in [-0.25, -0.2) is 0 Å². The molecule has 1 aromatic heterocycles. The van der Waals surface area contributed by atoms with Crippen LogP contribution in [-0.2, 0) is 13.1 Å². The lowest BCUT2D eigenvalue weighted by atomic mass is 10.1. The lowest BCUT2D eigenvalue weighted by molar-refractivity contribution is 0.0708. The van der Waals surface area contributed by atoms with E-state index in [1.165, 1.54) is 0 Å². The zero-order valence-corrected chi connectivity index (χ0v) is 15.3. The fourth-order valence-electron chi connectivity index (χ4n) is 3.10. The second-order valence-electron chi connectivity index (χ2n) is 6.72. The Kier molecular flexibility index (Phi) is 4.97. The molecule has 2 aromatic rings. The van der Waals surface area contributed by atoms with Crippen molar-refractivity contribution in [3.05, 3.63) is 41.2 Å². The number of carbonyl (C=O) groups is 1. The van der Waals surface area contributed by atoms with Crippen molar-refractivity contribution < 1.29 is 14.3 Å². The number of nitrogens with zero attached hydrogens (tertiary/aromatic N) is 3. The van der Waals surface area contributed by atoms with Crippen molar-refractivity contribution in [1.82, 2.24) is 14.7 Å². The number of ether oxygens (including phenoxy) is 2. The van der Waals surface area contributed by atoms with Crippen LogP contribution in [0.3, 0.4) is 0 Å². The van der Waals surface area contributed by atoms with Crippen LogP contribution >= 0.6 is 0 Å². The summed E-state index contributed by atoms with van der Waals surface area (Å²) in [6.45, 7) is 10.2. The predicted octanol–water partition coefficient (Wildman–Crippen LogP) is 3.24. The molecule has 1 aromatic carbocycles. The van der Waals surface area contributed by atoms with Gasteiger partial charge in [0.25, 0.3) is 5.91 Å². The van der Waals surface area contributed by atoms with Crippen LogP contribution in [0.1, 0.15) is 42.5 Å². The Morgan fingerprint density at radius 1 is 1.36 bits per heavy atom. The van der Waals surface area contributed by atoms with Crippen LogP contribution < -0.4 is 9.47 Å². The minimum absolute atomic E-state index is 0.00679. The Morgan fingerprint density at radius 3 is 2.88 bits per heavy atom. The average Bonchev–Trinajstić information content (AvgIpc) is 3.19. The molecule has 0 N–H and O–H groups in total. The first-order valence-corrected chi connectivity index (χ1v) is 8.70. The lowest BCUT2D eigenvalue weighted by Gasteiger charge is -2.25. The van der Waals surface area contributed by atoms with Crippen molar-refractivity contribution in [2.45, 2.75) is 40.8 Å². The Balaban J connectivity index is 1.90. The third-order valence-electron chi connectivity index (χ3n) is 4.13. The standard InChI is InChI=1S/C19H25N3O3/c1-5-22-16(9-14(4)20-22)19(23)21(10-13(2)3)11-15-7-6-8-17-18(15)25-12-24-17/h6-9,13H,5,10-12H2,1-4H3. The molecule has 0 atom stereocenters. The highest BCUT2D eigenvalue weighted by molar-refractivity contribution is 5.92. The van der Waals surface area contributed by atoms with Gasteiger partial charge in [-0.1, -0.05) is 26.0 Å². The molecule has 0 bridgehead atoms. The molecule has 0 saturated heterocycles. The SMILES string of the molecule is CCn1nc(C)cc1C(=O)N(Cc1cccc2c1OCO2)CC(C)C. The number of benzene rings is 1. The smallest absolute Gasteiger partial charge is 0.272 e. The summed E-state index contributed by atoms with van der Waals surface area (Å²) >= 11 is 0. The highest BCUT2D eigenvalue weighted by atomic mass is 16.7. The van der Waals surface area contributed by atoms with E-state index in [4.69, 9.17) is 9.47 Å². The van der Waals surface area contributed by atoms with Gasteiger partial charge in [-0.3, -0.25) is 9.48 Å². The maximum atomic E-state index is 13.2. The maximum absolute atomic E-state index is 13.2. The molecule has 0 spiro atoms. The summed E-state index contributed by atoms with van der Waals surface area (Å²) in [5.74, 6) is 1.83. The second kappa shape index (κ2) is 7.17. The topological polar surface area (TPSA) is 56.6 Å². The van der Waals surface area contributed by atoms with Crippen LogP contribution in [0.4, 0.5) is 0 Å². The van der Waals surface area contributed by atoms with E-state index >= 15 is 0 Å². The molecule has 1 aliphatic heterocycles. The number of fused-ring (bicyclic) bond motifs is 1. The molecular weight excluding hydrogens is 318 g/mol. The van der Waals surface area contributed by atoms with E-state index in [0.29, 0.717) is 31.2 Å². The molecule has 134 valence electrons. The Hall–Kier alpha value is -2.50. The van der Waals surface area contributed by atoms with Crippen LogP contribution in [0.5, 0.6) is 11.5 Å². The number of rotatable bonds is 6. The molecule has 6 nitrogen and oxygen atoms in total. The molecule has 1 amide bonds. The van der Waals surface area contributed by atoms with E-state index < -0.39 is 0 Å². The van der Waals surface area contributed by atoms with E-state index in [-0.39, 0.29) is 12.7 Å². The monoisotopic (exact) mass is 343 g/mol. The largest absolute Gasteiger partial charge is 0.454 e. The van der Waals surface area contributed by atoms with Crippen LogP contribution in [0.2, 0.25) is 0 Å². The fraction of sp³-hybridized carbons (Fsp3) is 0.474. The van der Waals surface area contributed by atoms with Crippen molar-refractivity contribution in [3.63, 3.8) is 0 Å². The van der Waals surface area contributed by atoms with Gasteiger partial charge in [0.1, 0.15) is 5.69 Å². The normalized spacial score (nSPS) is 12.7. The Bertz CT molecular complexity index is 767. The van der Waals surface area contributed by atoms with Gasteiger partial charge in [0.15, 0.2) is 11.5 Å². The van der Waals surface area contributed by atoms with Gasteiger partial charge in [0, 0.05) is 25.2 Å². The van der Waals surface area contributed by atoms with Crippen LogP contribution in [0.15, 0.2) is 24.3 Å². The molecule has 0 fully saturated rings. The Labute approximate surface area is 148 Å². The molecule has 25 heavy (non-hydrogen) atoms. The molecule has 0 radical (unpaired) electrons. The molecule has 3 rings (SSSR count). The van der Waals surface area contributed by atoms with E-state index in [1.54, 1.807) is 4.68 Å². The molecule has 0 saturated carbocycles. The van der Waals surface area contributed by atoms with Gasteiger partial charge < -0.3 is 14.4 Å². The summed E-state index contributed by atoms with van der Waals surface area (Å²) in [7, 11) is 0. The third kappa shape index (κ3) is 3.62. The van der Waals surface area contributed by atoms with Gasteiger partial charge in [0.2, 0.25) is 6.79 Å². The van der Waals surface area contributed by atoms with Crippen LogP contribution in [0, 0.1) is 12.8 Å². The molecule has 2 heterocycles. The molecule has 0 unspecified atom stereocenters. The zero-order chi connectivity index (χ0) is 18.0. The molecular formula is C19H25N3O3. The number of para-hydroxylation sites is 1.